The molecule has 1 aromatic rings. The molecule has 1 N–H and O–H groups in total. The van der Waals surface area contributed by atoms with Gasteiger partial charge in [-0.2, -0.15) is 0 Å². The van der Waals surface area contributed by atoms with Crippen LogP contribution >= 0.6 is 0 Å². The van der Waals surface area contributed by atoms with Gasteiger partial charge in [-0.3, -0.25) is 0 Å². The minimum Gasteiger partial charge on any atom is -0.307 e. The summed E-state index contributed by atoms with van der Waals surface area (Å²) < 4.78 is 26.5. The van der Waals surface area contributed by atoms with Crippen molar-refractivity contribution >= 4 is 0 Å². The first kappa shape index (κ1) is 10.6. The molecule has 0 aromatic heterocycles. The zero-order valence-corrected chi connectivity index (χ0v) is 8.76. The van der Waals surface area contributed by atoms with Crippen LogP contribution in [0, 0.1) is 11.6 Å². The highest BCUT2D eigenvalue weighted by atomic mass is 19.2. The van der Waals surface area contributed by atoms with Crippen molar-refractivity contribution in [1.29, 1.82) is 0 Å². The highest BCUT2D eigenvalue weighted by molar-refractivity contribution is 5.23. The highest BCUT2D eigenvalue weighted by Crippen LogP contribution is 2.27. The largest absolute Gasteiger partial charge is 0.307 e. The average Bonchev–Trinajstić information content (AvgIpc) is 2.22. The first-order chi connectivity index (χ1) is 7.18. The van der Waals surface area contributed by atoms with E-state index in [1.807, 2.05) is 0 Å². The van der Waals surface area contributed by atoms with Crippen LogP contribution in [0.15, 0.2) is 18.2 Å². The molecule has 82 valence electrons. The molecule has 1 nitrogen and oxygen atoms in total. The van der Waals surface area contributed by atoms with Crippen molar-refractivity contribution in [2.24, 2.45) is 0 Å². The lowest BCUT2D eigenvalue weighted by Gasteiger charge is -2.29. The van der Waals surface area contributed by atoms with Crippen LogP contribution in [0.5, 0.6) is 0 Å². The van der Waals surface area contributed by atoms with Crippen LogP contribution in [-0.4, -0.2) is 6.04 Å². The Kier molecular flexibility index (Phi) is 3.00. The minimum atomic E-state index is -0.757. The molecule has 0 spiro atoms. The van der Waals surface area contributed by atoms with Gasteiger partial charge >= 0.3 is 0 Å². The quantitative estimate of drug-likeness (QED) is 0.752. The Morgan fingerprint density at radius 2 is 2.07 bits per heavy atom. The summed E-state index contributed by atoms with van der Waals surface area (Å²) in [6, 6.07) is 4.73. The fourth-order valence-electron chi connectivity index (χ4n) is 2.17. The van der Waals surface area contributed by atoms with Crippen LogP contribution in [0.3, 0.4) is 0 Å². The zero-order valence-electron chi connectivity index (χ0n) is 8.76. The van der Waals surface area contributed by atoms with Crippen LogP contribution in [0.25, 0.3) is 0 Å². The molecule has 3 heteroatoms. The standard InChI is InChI=1S/C12H15F2N/c1-8-4-2-7-11(15-8)9-5-3-6-10(13)12(9)14/h3,5-6,8,11,15H,2,4,7H2,1H3. The van der Waals surface area contributed by atoms with E-state index >= 15 is 0 Å². The molecule has 1 aliphatic rings. The molecule has 0 aliphatic carbocycles. The number of benzene rings is 1. The normalized spacial score (nSPS) is 26.6. The molecule has 1 heterocycles. The topological polar surface area (TPSA) is 12.0 Å². The first-order valence-corrected chi connectivity index (χ1v) is 5.38. The SMILES string of the molecule is CC1CCCC(c2cccc(F)c2F)N1. The molecule has 0 saturated carbocycles. The maximum Gasteiger partial charge on any atom is 0.163 e. The molecular weight excluding hydrogens is 196 g/mol. The van der Waals surface area contributed by atoms with Gasteiger partial charge in [-0.25, -0.2) is 8.78 Å². The number of hydrogen-bond acceptors (Lipinski definition) is 1. The molecule has 1 aromatic carbocycles. The lowest BCUT2D eigenvalue weighted by atomic mass is 9.94. The number of piperidine rings is 1. The summed E-state index contributed by atoms with van der Waals surface area (Å²) in [5.74, 6) is -1.46. The average molecular weight is 211 g/mol. The van der Waals surface area contributed by atoms with Crippen molar-refractivity contribution in [1.82, 2.24) is 5.32 Å². The molecule has 1 fully saturated rings. The molecule has 0 radical (unpaired) electrons. The van der Waals surface area contributed by atoms with E-state index in [2.05, 4.69) is 12.2 Å². The first-order valence-electron chi connectivity index (χ1n) is 5.38. The van der Waals surface area contributed by atoms with Crippen LogP contribution in [-0.2, 0) is 0 Å². The highest BCUT2D eigenvalue weighted by Gasteiger charge is 2.22. The summed E-state index contributed by atoms with van der Waals surface area (Å²) in [4.78, 5) is 0. The van der Waals surface area contributed by atoms with Gasteiger partial charge in [0.15, 0.2) is 11.6 Å². The van der Waals surface area contributed by atoms with Gasteiger partial charge < -0.3 is 5.32 Å². The van der Waals surface area contributed by atoms with Gasteiger partial charge in [0.1, 0.15) is 0 Å². The van der Waals surface area contributed by atoms with E-state index in [0.29, 0.717) is 11.6 Å². The Hall–Kier alpha value is -0.960. The van der Waals surface area contributed by atoms with Crippen molar-refractivity contribution < 1.29 is 8.78 Å². The zero-order chi connectivity index (χ0) is 10.8. The van der Waals surface area contributed by atoms with Crippen LogP contribution in [0.1, 0.15) is 37.8 Å². The third kappa shape index (κ3) is 2.17. The van der Waals surface area contributed by atoms with E-state index in [0.717, 1.165) is 25.3 Å². The third-order valence-electron chi connectivity index (χ3n) is 2.97. The number of hydrogen-bond donors (Lipinski definition) is 1. The summed E-state index contributed by atoms with van der Waals surface area (Å²) in [6.07, 6.45) is 3.05. The smallest absolute Gasteiger partial charge is 0.163 e. The molecular formula is C12H15F2N. The number of rotatable bonds is 1. The van der Waals surface area contributed by atoms with Crippen molar-refractivity contribution in [2.75, 3.05) is 0 Å². The second-order valence-corrected chi connectivity index (χ2v) is 4.19. The Balaban J connectivity index is 2.24. The number of nitrogens with one attached hydrogen (secondary N) is 1. The van der Waals surface area contributed by atoms with Gasteiger partial charge in [-0.1, -0.05) is 18.6 Å². The Morgan fingerprint density at radius 1 is 1.27 bits per heavy atom. The molecule has 2 atom stereocenters. The van der Waals surface area contributed by atoms with E-state index in [4.69, 9.17) is 0 Å². The molecule has 2 rings (SSSR count). The van der Waals surface area contributed by atoms with E-state index in [9.17, 15) is 8.78 Å². The second kappa shape index (κ2) is 4.27. The summed E-state index contributed by atoms with van der Waals surface area (Å²) in [5, 5.41) is 3.29. The van der Waals surface area contributed by atoms with Crippen molar-refractivity contribution in [3.63, 3.8) is 0 Å². The fraction of sp³-hybridized carbons (Fsp3) is 0.500. The van der Waals surface area contributed by atoms with Gasteiger partial charge in [0.2, 0.25) is 0 Å². The van der Waals surface area contributed by atoms with Crippen molar-refractivity contribution in [3.05, 3.63) is 35.4 Å². The maximum atomic E-state index is 13.5. The Morgan fingerprint density at radius 3 is 2.80 bits per heavy atom. The van der Waals surface area contributed by atoms with Gasteiger partial charge in [0.25, 0.3) is 0 Å². The van der Waals surface area contributed by atoms with Gasteiger partial charge in [0, 0.05) is 17.6 Å². The predicted molar refractivity (Wildman–Crippen MR) is 55.5 cm³/mol. The van der Waals surface area contributed by atoms with Crippen molar-refractivity contribution in [3.8, 4) is 0 Å². The number of halogens is 2. The Labute approximate surface area is 88.5 Å². The lowest BCUT2D eigenvalue weighted by molar-refractivity contribution is 0.331. The van der Waals surface area contributed by atoms with Gasteiger partial charge in [0.05, 0.1) is 0 Å². The summed E-state index contributed by atoms with van der Waals surface area (Å²) in [7, 11) is 0. The maximum absolute atomic E-state index is 13.5. The monoisotopic (exact) mass is 211 g/mol. The van der Waals surface area contributed by atoms with E-state index < -0.39 is 11.6 Å². The predicted octanol–water partition coefficient (Wildman–Crippen LogP) is 3.17. The fourth-order valence-corrected chi connectivity index (χ4v) is 2.17. The van der Waals surface area contributed by atoms with Crippen LogP contribution in [0.2, 0.25) is 0 Å². The van der Waals surface area contributed by atoms with Crippen LogP contribution < -0.4 is 5.32 Å². The third-order valence-corrected chi connectivity index (χ3v) is 2.97. The molecule has 15 heavy (non-hydrogen) atoms. The molecule has 1 saturated heterocycles. The van der Waals surface area contributed by atoms with E-state index in [-0.39, 0.29) is 6.04 Å². The molecule has 0 amide bonds. The van der Waals surface area contributed by atoms with E-state index in [1.54, 1.807) is 12.1 Å². The second-order valence-electron chi connectivity index (χ2n) is 4.19. The summed E-state index contributed by atoms with van der Waals surface area (Å²) in [5.41, 5.74) is 0.460. The summed E-state index contributed by atoms with van der Waals surface area (Å²) >= 11 is 0. The van der Waals surface area contributed by atoms with Gasteiger partial charge in [-0.05, 0) is 25.8 Å². The summed E-state index contributed by atoms with van der Waals surface area (Å²) in [6.45, 7) is 2.07. The van der Waals surface area contributed by atoms with Crippen molar-refractivity contribution in [2.45, 2.75) is 38.3 Å². The minimum absolute atomic E-state index is 0.0375. The van der Waals surface area contributed by atoms with Gasteiger partial charge in [-0.15, -0.1) is 0 Å². The van der Waals surface area contributed by atoms with Crippen LogP contribution in [0.4, 0.5) is 8.78 Å². The molecule has 2 unspecified atom stereocenters. The molecule has 1 aliphatic heterocycles. The Bertz CT molecular complexity index is 351. The molecule has 0 bridgehead atoms. The lowest BCUT2D eigenvalue weighted by Crippen LogP contribution is -2.35. The van der Waals surface area contributed by atoms with E-state index in [1.165, 1.54) is 0 Å².